The highest BCUT2D eigenvalue weighted by Crippen LogP contribution is 2.14. The van der Waals surface area contributed by atoms with Crippen molar-refractivity contribution in [3.63, 3.8) is 0 Å². The minimum absolute atomic E-state index is 0.631. The molecule has 0 aromatic heterocycles. The second-order valence-electron chi connectivity index (χ2n) is 1.67. The first-order valence-corrected chi connectivity index (χ1v) is 3.09. The summed E-state index contributed by atoms with van der Waals surface area (Å²) in [4.78, 5) is 0. The average molecular weight is 153 g/mol. The maximum Gasteiger partial charge on any atom is 0.140 e. The van der Waals surface area contributed by atoms with Crippen LogP contribution in [0.3, 0.4) is 0 Å². The standard InChI is InChI=1S/C8H5ClO/c1-2-10-8-5-3-7(9)4-6-8/h1,3-6H. The van der Waals surface area contributed by atoms with Crippen LogP contribution in [0.5, 0.6) is 5.75 Å². The third-order valence-corrected chi connectivity index (χ3v) is 1.24. The molecule has 2 heteroatoms. The quantitative estimate of drug-likeness (QED) is 0.562. The number of hydrogen-bond acceptors (Lipinski definition) is 1. The SMILES string of the molecule is C#COc1ccc(Cl)cc1. The summed E-state index contributed by atoms with van der Waals surface area (Å²) in [5.41, 5.74) is 0. The van der Waals surface area contributed by atoms with Crippen molar-refractivity contribution in [3.05, 3.63) is 29.3 Å². The van der Waals surface area contributed by atoms with Crippen LogP contribution in [0.4, 0.5) is 0 Å². The Morgan fingerprint density at radius 2 is 1.90 bits per heavy atom. The summed E-state index contributed by atoms with van der Waals surface area (Å²) >= 11 is 5.60. The Bertz CT molecular complexity index is 245. The van der Waals surface area contributed by atoms with Gasteiger partial charge in [-0.1, -0.05) is 18.0 Å². The number of rotatable bonds is 1. The number of ether oxygens (including phenoxy) is 1. The lowest BCUT2D eigenvalue weighted by Gasteiger charge is -1.94. The van der Waals surface area contributed by atoms with Gasteiger partial charge in [-0.3, -0.25) is 0 Å². The molecule has 0 aliphatic heterocycles. The van der Waals surface area contributed by atoms with Gasteiger partial charge in [-0.25, -0.2) is 0 Å². The predicted octanol–water partition coefficient (Wildman–Crippen LogP) is 2.31. The highest BCUT2D eigenvalue weighted by molar-refractivity contribution is 6.30. The lowest BCUT2D eigenvalue weighted by Crippen LogP contribution is -1.79. The smallest absolute Gasteiger partial charge is 0.140 e. The Balaban J connectivity index is 2.81. The van der Waals surface area contributed by atoms with Gasteiger partial charge in [-0.15, -0.1) is 0 Å². The summed E-state index contributed by atoms with van der Waals surface area (Å²) in [5.74, 6) is 0.631. The van der Waals surface area contributed by atoms with Gasteiger partial charge in [0.2, 0.25) is 0 Å². The summed E-state index contributed by atoms with van der Waals surface area (Å²) in [6, 6.07) is 6.85. The average Bonchev–Trinajstić information content (AvgIpc) is 1.95. The molecule has 0 heterocycles. The first-order valence-electron chi connectivity index (χ1n) is 2.71. The van der Waals surface area contributed by atoms with Crippen molar-refractivity contribution in [2.45, 2.75) is 0 Å². The Kier molecular flexibility index (Phi) is 2.20. The first-order chi connectivity index (χ1) is 4.83. The van der Waals surface area contributed by atoms with E-state index in [1.807, 2.05) is 0 Å². The number of terminal acetylenes is 1. The van der Waals surface area contributed by atoms with Gasteiger partial charge in [0.1, 0.15) is 11.9 Å². The van der Waals surface area contributed by atoms with E-state index in [4.69, 9.17) is 22.8 Å². The molecule has 0 aliphatic carbocycles. The van der Waals surface area contributed by atoms with Gasteiger partial charge < -0.3 is 4.74 Å². The molecule has 1 aromatic rings. The summed E-state index contributed by atoms with van der Waals surface area (Å²) in [6.07, 6.45) is 6.95. The van der Waals surface area contributed by atoms with Crippen molar-refractivity contribution < 1.29 is 4.74 Å². The van der Waals surface area contributed by atoms with Crippen LogP contribution in [0, 0.1) is 12.5 Å². The molecule has 0 saturated heterocycles. The topological polar surface area (TPSA) is 9.23 Å². The molecule has 1 nitrogen and oxygen atoms in total. The molecule has 50 valence electrons. The van der Waals surface area contributed by atoms with E-state index in [2.05, 4.69) is 6.11 Å². The molecule has 0 N–H and O–H groups in total. The van der Waals surface area contributed by atoms with Crippen LogP contribution in [0.1, 0.15) is 0 Å². The zero-order valence-electron chi connectivity index (χ0n) is 5.17. The van der Waals surface area contributed by atoms with Crippen molar-refractivity contribution in [1.29, 1.82) is 0 Å². The fourth-order valence-electron chi connectivity index (χ4n) is 0.571. The van der Waals surface area contributed by atoms with E-state index < -0.39 is 0 Å². The lowest BCUT2D eigenvalue weighted by atomic mass is 10.3. The van der Waals surface area contributed by atoms with Crippen molar-refractivity contribution in [1.82, 2.24) is 0 Å². The molecule has 1 aromatic carbocycles. The van der Waals surface area contributed by atoms with Crippen molar-refractivity contribution in [3.8, 4) is 18.3 Å². The largest absolute Gasteiger partial charge is 0.408 e. The van der Waals surface area contributed by atoms with Crippen molar-refractivity contribution in [2.24, 2.45) is 0 Å². The van der Waals surface area contributed by atoms with E-state index >= 15 is 0 Å². The van der Waals surface area contributed by atoms with Crippen LogP contribution in [0.25, 0.3) is 0 Å². The highest BCUT2D eigenvalue weighted by atomic mass is 35.5. The highest BCUT2D eigenvalue weighted by Gasteiger charge is 1.89. The molecule has 0 spiro atoms. The maximum absolute atomic E-state index is 5.60. The van der Waals surface area contributed by atoms with E-state index in [1.54, 1.807) is 24.3 Å². The summed E-state index contributed by atoms with van der Waals surface area (Å²) < 4.78 is 4.73. The van der Waals surface area contributed by atoms with Crippen molar-refractivity contribution >= 4 is 11.6 Å². The van der Waals surface area contributed by atoms with E-state index in [0.717, 1.165) is 0 Å². The van der Waals surface area contributed by atoms with E-state index in [9.17, 15) is 0 Å². The third-order valence-electron chi connectivity index (χ3n) is 0.990. The molecule has 0 bridgehead atoms. The molecule has 0 saturated carbocycles. The fraction of sp³-hybridized carbons (Fsp3) is 0. The van der Waals surface area contributed by atoms with Gasteiger partial charge in [0, 0.05) is 5.02 Å². The van der Waals surface area contributed by atoms with Crippen LogP contribution in [0.2, 0.25) is 5.02 Å². The summed E-state index contributed by atoms with van der Waals surface area (Å²) in [7, 11) is 0. The van der Waals surface area contributed by atoms with Gasteiger partial charge >= 0.3 is 0 Å². The zero-order chi connectivity index (χ0) is 7.40. The molecule has 0 atom stereocenters. The van der Waals surface area contributed by atoms with Crippen LogP contribution in [-0.2, 0) is 0 Å². The van der Waals surface area contributed by atoms with E-state index in [-0.39, 0.29) is 0 Å². The van der Waals surface area contributed by atoms with Gasteiger partial charge in [-0.05, 0) is 24.3 Å². The van der Waals surface area contributed by atoms with Crippen LogP contribution in [-0.4, -0.2) is 0 Å². The van der Waals surface area contributed by atoms with E-state index in [0.29, 0.717) is 10.8 Å². The molecule has 0 aliphatic rings. The monoisotopic (exact) mass is 152 g/mol. The second kappa shape index (κ2) is 3.14. The van der Waals surface area contributed by atoms with Crippen LogP contribution >= 0.6 is 11.6 Å². The molecule has 1 rings (SSSR count). The number of benzene rings is 1. The molecular formula is C8H5ClO. The molecular weight excluding hydrogens is 148 g/mol. The molecule has 10 heavy (non-hydrogen) atoms. The Hall–Kier alpha value is -1.13. The Morgan fingerprint density at radius 1 is 1.30 bits per heavy atom. The van der Waals surface area contributed by atoms with Crippen LogP contribution < -0.4 is 4.74 Å². The Labute approximate surface area is 64.6 Å². The summed E-state index contributed by atoms with van der Waals surface area (Å²) in [5, 5.41) is 0.671. The van der Waals surface area contributed by atoms with Gasteiger partial charge in [0.15, 0.2) is 0 Å². The molecule has 0 unspecified atom stereocenters. The fourth-order valence-corrected chi connectivity index (χ4v) is 0.697. The maximum atomic E-state index is 5.60. The number of halogens is 1. The van der Waals surface area contributed by atoms with E-state index in [1.165, 1.54) is 0 Å². The second-order valence-corrected chi connectivity index (χ2v) is 2.11. The molecule has 0 amide bonds. The first kappa shape index (κ1) is 6.98. The van der Waals surface area contributed by atoms with Crippen LogP contribution in [0.15, 0.2) is 24.3 Å². The molecule has 0 fully saturated rings. The number of hydrogen-bond donors (Lipinski definition) is 0. The van der Waals surface area contributed by atoms with Crippen molar-refractivity contribution in [2.75, 3.05) is 0 Å². The lowest BCUT2D eigenvalue weighted by molar-refractivity contribution is 0.521. The zero-order valence-corrected chi connectivity index (χ0v) is 5.93. The minimum Gasteiger partial charge on any atom is -0.408 e. The summed E-state index contributed by atoms with van der Waals surface area (Å²) in [6.45, 7) is 0. The third kappa shape index (κ3) is 1.68. The minimum atomic E-state index is 0.631. The van der Waals surface area contributed by atoms with Gasteiger partial charge in [-0.2, -0.15) is 0 Å². The van der Waals surface area contributed by atoms with Gasteiger partial charge in [0.05, 0.1) is 0 Å². The Morgan fingerprint density at radius 3 is 2.40 bits per heavy atom. The predicted molar refractivity (Wildman–Crippen MR) is 40.9 cm³/mol. The molecule has 0 radical (unpaired) electrons. The normalized spacial score (nSPS) is 8.40. The van der Waals surface area contributed by atoms with Gasteiger partial charge in [0.25, 0.3) is 0 Å².